The molecular formula is C21H31N3O3S. The fraction of sp³-hybridized carbons (Fsp3) is 0.571. The Bertz CT molecular complexity index is 841. The van der Waals surface area contributed by atoms with E-state index in [1.54, 1.807) is 20.2 Å². The van der Waals surface area contributed by atoms with Gasteiger partial charge < -0.3 is 9.30 Å². The average Bonchev–Trinajstić information content (AvgIpc) is 3.12. The maximum atomic E-state index is 12.5. The topological polar surface area (TPSA) is 64.4 Å². The summed E-state index contributed by atoms with van der Waals surface area (Å²) in [5, 5.41) is 0.213. The van der Waals surface area contributed by atoms with Gasteiger partial charge in [0.05, 0.1) is 23.7 Å². The van der Waals surface area contributed by atoms with E-state index in [0.717, 1.165) is 51.0 Å². The molecule has 0 spiro atoms. The van der Waals surface area contributed by atoms with Crippen LogP contribution >= 0.6 is 0 Å². The Labute approximate surface area is 168 Å². The monoisotopic (exact) mass is 405 g/mol. The van der Waals surface area contributed by atoms with Crippen LogP contribution in [0.15, 0.2) is 41.7 Å². The van der Waals surface area contributed by atoms with Crippen molar-refractivity contribution in [2.75, 3.05) is 26.0 Å². The van der Waals surface area contributed by atoms with Gasteiger partial charge in [0.15, 0.2) is 0 Å². The SMILES string of the molecule is CCS(=O)(=O)c1ncc(CN2CCC(OC)CC2)n1CCCc1ccccc1. The summed E-state index contributed by atoms with van der Waals surface area (Å²) in [5.41, 5.74) is 2.25. The lowest BCUT2D eigenvalue weighted by molar-refractivity contribution is 0.0381. The first kappa shape index (κ1) is 21.0. The molecule has 0 aliphatic carbocycles. The molecule has 0 amide bonds. The average molecular weight is 406 g/mol. The lowest BCUT2D eigenvalue weighted by Gasteiger charge is -2.31. The number of sulfone groups is 1. The molecule has 1 aromatic carbocycles. The van der Waals surface area contributed by atoms with Gasteiger partial charge in [-0.1, -0.05) is 37.3 Å². The molecule has 1 aliphatic rings. The summed E-state index contributed by atoms with van der Waals surface area (Å²) in [4.78, 5) is 6.67. The van der Waals surface area contributed by atoms with Gasteiger partial charge in [0, 0.05) is 33.3 Å². The summed E-state index contributed by atoms with van der Waals surface area (Å²) in [5.74, 6) is 0.0708. The number of likely N-dealkylation sites (tertiary alicyclic amines) is 1. The largest absolute Gasteiger partial charge is 0.381 e. The molecule has 0 unspecified atom stereocenters. The molecule has 3 rings (SSSR count). The van der Waals surface area contributed by atoms with E-state index in [2.05, 4.69) is 22.0 Å². The predicted molar refractivity (Wildman–Crippen MR) is 110 cm³/mol. The minimum Gasteiger partial charge on any atom is -0.381 e. The van der Waals surface area contributed by atoms with Gasteiger partial charge in [0.25, 0.3) is 0 Å². The third-order valence-electron chi connectivity index (χ3n) is 5.50. The van der Waals surface area contributed by atoms with Crippen LogP contribution in [0.3, 0.4) is 0 Å². The van der Waals surface area contributed by atoms with E-state index in [1.807, 2.05) is 22.8 Å². The van der Waals surface area contributed by atoms with Gasteiger partial charge in [0.1, 0.15) is 0 Å². The number of ether oxygens (including phenoxy) is 1. The minimum absolute atomic E-state index is 0.0708. The molecule has 0 radical (unpaired) electrons. The van der Waals surface area contributed by atoms with Gasteiger partial charge in [-0.25, -0.2) is 13.4 Å². The molecule has 1 saturated heterocycles. The Morgan fingerprint density at radius 2 is 1.89 bits per heavy atom. The first-order valence-electron chi connectivity index (χ1n) is 10.1. The van der Waals surface area contributed by atoms with Gasteiger partial charge in [-0.15, -0.1) is 0 Å². The molecule has 7 heteroatoms. The van der Waals surface area contributed by atoms with E-state index in [4.69, 9.17) is 4.74 Å². The molecule has 0 N–H and O–H groups in total. The zero-order valence-electron chi connectivity index (χ0n) is 16.9. The number of imidazole rings is 1. The van der Waals surface area contributed by atoms with Crippen molar-refractivity contribution in [1.82, 2.24) is 14.5 Å². The van der Waals surface area contributed by atoms with Crippen molar-refractivity contribution >= 4 is 9.84 Å². The highest BCUT2D eigenvalue weighted by molar-refractivity contribution is 7.91. The summed E-state index contributed by atoms with van der Waals surface area (Å²) in [7, 11) is -1.58. The van der Waals surface area contributed by atoms with Crippen molar-refractivity contribution in [1.29, 1.82) is 0 Å². The first-order chi connectivity index (χ1) is 13.5. The van der Waals surface area contributed by atoms with E-state index < -0.39 is 9.84 Å². The number of hydrogen-bond acceptors (Lipinski definition) is 5. The summed E-state index contributed by atoms with van der Waals surface area (Å²) in [6, 6.07) is 10.3. The van der Waals surface area contributed by atoms with Crippen LogP contribution in [0.2, 0.25) is 0 Å². The fourth-order valence-corrected chi connectivity index (χ4v) is 4.77. The van der Waals surface area contributed by atoms with Crippen molar-refractivity contribution < 1.29 is 13.2 Å². The first-order valence-corrected chi connectivity index (χ1v) is 11.7. The summed E-state index contributed by atoms with van der Waals surface area (Å²) in [6.45, 7) is 4.99. The second-order valence-corrected chi connectivity index (χ2v) is 9.56. The molecule has 1 fully saturated rings. The summed E-state index contributed by atoms with van der Waals surface area (Å²) < 4.78 is 32.4. The van der Waals surface area contributed by atoms with Gasteiger partial charge >= 0.3 is 0 Å². The van der Waals surface area contributed by atoms with Crippen LogP contribution < -0.4 is 0 Å². The van der Waals surface area contributed by atoms with E-state index in [1.165, 1.54) is 5.56 Å². The van der Waals surface area contributed by atoms with Crippen molar-refractivity contribution in [2.24, 2.45) is 0 Å². The Morgan fingerprint density at radius 3 is 2.54 bits per heavy atom. The molecule has 0 atom stereocenters. The highest BCUT2D eigenvalue weighted by atomic mass is 32.2. The van der Waals surface area contributed by atoms with Crippen molar-refractivity contribution in [3.63, 3.8) is 0 Å². The maximum Gasteiger partial charge on any atom is 0.227 e. The van der Waals surface area contributed by atoms with Crippen LogP contribution in [0.5, 0.6) is 0 Å². The molecule has 0 saturated carbocycles. The molecule has 154 valence electrons. The number of hydrogen-bond donors (Lipinski definition) is 0. The van der Waals surface area contributed by atoms with Gasteiger partial charge in [-0.3, -0.25) is 4.90 Å². The molecule has 1 aromatic heterocycles. The quantitative estimate of drug-likeness (QED) is 0.642. The number of methoxy groups -OCH3 is 1. The molecular weight excluding hydrogens is 374 g/mol. The predicted octanol–water partition coefficient (Wildman–Crippen LogP) is 2.92. The number of benzene rings is 1. The normalized spacial score (nSPS) is 16.5. The number of nitrogens with zero attached hydrogens (tertiary/aromatic N) is 3. The van der Waals surface area contributed by atoms with Crippen LogP contribution in [0.25, 0.3) is 0 Å². The maximum absolute atomic E-state index is 12.5. The molecule has 0 bridgehead atoms. The lowest BCUT2D eigenvalue weighted by atomic mass is 10.1. The lowest BCUT2D eigenvalue weighted by Crippen LogP contribution is -2.36. The minimum atomic E-state index is -3.34. The van der Waals surface area contributed by atoms with E-state index in [0.29, 0.717) is 12.6 Å². The summed E-state index contributed by atoms with van der Waals surface area (Å²) >= 11 is 0. The van der Waals surface area contributed by atoms with E-state index in [-0.39, 0.29) is 10.9 Å². The Morgan fingerprint density at radius 1 is 1.18 bits per heavy atom. The van der Waals surface area contributed by atoms with Gasteiger partial charge in [-0.2, -0.15) is 0 Å². The van der Waals surface area contributed by atoms with Crippen LogP contribution in [-0.2, 0) is 34.1 Å². The highest BCUT2D eigenvalue weighted by Gasteiger charge is 2.24. The zero-order chi connectivity index (χ0) is 20.0. The third kappa shape index (κ3) is 5.21. The second-order valence-electron chi connectivity index (χ2n) is 7.39. The molecule has 6 nitrogen and oxygen atoms in total. The van der Waals surface area contributed by atoms with Crippen LogP contribution in [-0.4, -0.2) is 54.9 Å². The number of piperidine rings is 1. The zero-order valence-corrected chi connectivity index (χ0v) is 17.7. The Kier molecular flexibility index (Phi) is 7.26. The van der Waals surface area contributed by atoms with Crippen molar-refractivity contribution in [3.05, 3.63) is 47.8 Å². The highest BCUT2D eigenvalue weighted by Crippen LogP contribution is 2.20. The smallest absolute Gasteiger partial charge is 0.227 e. The van der Waals surface area contributed by atoms with Crippen LogP contribution in [0.4, 0.5) is 0 Å². The summed E-state index contributed by atoms with van der Waals surface area (Å²) in [6.07, 6.45) is 5.91. The number of rotatable bonds is 9. The van der Waals surface area contributed by atoms with Gasteiger partial charge in [0.2, 0.25) is 15.0 Å². The molecule has 28 heavy (non-hydrogen) atoms. The van der Waals surface area contributed by atoms with E-state index in [9.17, 15) is 8.42 Å². The third-order valence-corrected chi connectivity index (χ3v) is 7.15. The molecule has 2 heterocycles. The van der Waals surface area contributed by atoms with Crippen LogP contribution in [0.1, 0.15) is 37.4 Å². The molecule has 1 aliphatic heterocycles. The van der Waals surface area contributed by atoms with E-state index >= 15 is 0 Å². The van der Waals surface area contributed by atoms with Crippen molar-refractivity contribution in [2.45, 2.75) is 57.0 Å². The number of aromatic nitrogens is 2. The van der Waals surface area contributed by atoms with Gasteiger partial charge in [-0.05, 0) is 31.2 Å². The Balaban J connectivity index is 1.72. The Hall–Kier alpha value is -1.70. The van der Waals surface area contributed by atoms with Crippen LogP contribution in [0, 0.1) is 0 Å². The standard InChI is InChI=1S/C21H31N3O3S/c1-3-28(25,26)21-22-16-19(17-23-14-11-20(27-2)12-15-23)24(21)13-7-10-18-8-5-4-6-9-18/h4-6,8-9,16,20H,3,7,10-15,17H2,1-2H3. The fourth-order valence-electron chi connectivity index (χ4n) is 3.75. The van der Waals surface area contributed by atoms with Crippen molar-refractivity contribution in [3.8, 4) is 0 Å². The molecule has 2 aromatic rings. The second kappa shape index (κ2) is 9.67. The number of aryl methyl sites for hydroxylation is 1.